The summed E-state index contributed by atoms with van der Waals surface area (Å²) in [5, 5.41) is 2.81. The molecule has 0 saturated carbocycles. The van der Waals surface area contributed by atoms with E-state index in [0.29, 0.717) is 22.7 Å². The Balaban J connectivity index is 2.35. The van der Waals surface area contributed by atoms with Crippen LogP contribution < -0.4 is 14.8 Å². The minimum Gasteiger partial charge on any atom is -0.495 e. The summed E-state index contributed by atoms with van der Waals surface area (Å²) in [7, 11) is -2.38. The molecule has 0 fully saturated rings. The summed E-state index contributed by atoms with van der Waals surface area (Å²) in [5.41, 5.74) is 1.58. The average Bonchev–Trinajstić information content (AvgIpc) is 2.49. The SMILES string of the molecule is COc1ccc(S(=O)(=O)Nc2cc(NC(C)=O)ccc2C)cc1Cl. The molecule has 0 spiro atoms. The highest BCUT2D eigenvalue weighted by Crippen LogP contribution is 2.29. The number of rotatable bonds is 5. The van der Waals surface area contributed by atoms with Crippen molar-refractivity contribution in [3.05, 3.63) is 47.0 Å². The first-order valence-corrected chi connectivity index (χ1v) is 8.83. The summed E-state index contributed by atoms with van der Waals surface area (Å²) in [4.78, 5) is 11.1. The van der Waals surface area contributed by atoms with Crippen molar-refractivity contribution in [1.29, 1.82) is 0 Å². The third-order valence-electron chi connectivity index (χ3n) is 3.24. The topological polar surface area (TPSA) is 84.5 Å². The van der Waals surface area contributed by atoms with Gasteiger partial charge in [0.05, 0.1) is 22.7 Å². The Morgan fingerprint density at radius 1 is 1.17 bits per heavy atom. The van der Waals surface area contributed by atoms with Crippen LogP contribution in [0.3, 0.4) is 0 Å². The number of hydrogen-bond acceptors (Lipinski definition) is 4. The fourth-order valence-corrected chi connectivity index (χ4v) is 3.50. The molecule has 2 rings (SSSR count). The maximum absolute atomic E-state index is 12.5. The minimum absolute atomic E-state index is 0.0117. The van der Waals surface area contributed by atoms with Crippen molar-refractivity contribution in [1.82, 2.24) is 0 Å². The van der Waals surface area contributed by atoms with Crippen molar-refractivity contribution in [2.45, 2.75) is 18.7 Å². The summed E-state index contributed by atoms with van der Waals surface area (Å²) >= 11 is 5.99. The molecule has 128 valence electrons. The van der Waals surface area contributed by atoms with Gasteiger partial charge in [-0.2, -0.15) is 0 Å². The Hall–Kier alpha value is -2.25. The molecule has 0 aliphatic rings. The van der Waals surface area contributed by atoms with E-state index in [2.05, 4.69) is 10.0 Å². The molecule has 0 unspecified atom stereocenters. The lowest BCUT2D eigenvalue weighted by Gasteiger charge is -2.13. The van der Waals surface area contributed by atoms with Crippen LogP contribution in [0.15, 0.2) is 41.3 Å². The van der Waals surface area contributed by atoms with Gasteiger partial charge < -0.3 is 10.1 Å². The van der Waals surface area contributed by atoms with Crippen molar-refractivity contribution in [2.24, 2.45) is 0 Å². The van der Waals surface area contributed by atoms with Crippen LogP contribution in [0.25, 0.3) is 0 Å². The summed E-state index contributed by atoms with van der Waals surface area (Å²) in [6.45, 7) is 3.14. The molecule has 6 nitrogen and oxygen atoms in total. The molecule has 1 amide bonds. The second kappa shape index (κ2) is 7.11. The van der Waals surface area contributed by atoms with E-state index in [1.165, 1.54) is 32.2 Å². The van der Waals surface area contributed by atoms with Crippen LogP contribution in [0, 0.1) is 6.92 Å². The zero-order chi connectivity index (χ0) is 17.9. The summed E-state index contributed by atoms with van der Waals surface area (Å²) in [6.07, 6.45) is 0. The maximum atomic E-state index is 12.5. The number of aryl methyl sites for hydroxylation is 1. The van der Waals surface area contributed by atoms with Gasteiger partial charge in [-0.05, 0) is 42.8 Å². The normalized spacial score (nSPS) is 11.0. The van der Waals surface area contributed by atoms with Gasteiger partial charge in [-0.1, -0.05) is 17.7 Å². The van der Waals surface area contributed by atoms with Crippen LogP contribution in [0.1, 0.15) is 12.5 Å². The fraction of sp³-hybridized carbons (Fsp3) is 0.188. The minimum atomic E-state index is -3.83. The molecule has 0 aliphatic heterocycles. The highest BCUT2D eigenvalue weighted by atomic mass is 35.5. The Morgan fingerprint density at radius 2 is 1.88 bits per heavy atom. The van der Waals surface area contributed by atoms with Gasteiger partial charge >= 0.3 is 0 Å². The molecule has 0 heterocycles. The van der Waals surface area contributed by atoms with Gasteiger partial charge in [0.25, 0.3) is 10.0 Å². The number of methoxy groups -OCH3 is 1. The van der Waals surface area contributed by atoms with Gasteiger partial charge in [0.1, 0.15) is 5.75 Å². The number of nitrogens with one attached hydrogen (secondary N) is 2. The fourth-order valence-electron chi connectivity index (χ4n) is 2.03. The van der Waals surface area contributed by atoms with Crippen molar-refractivity contribution < 1.29 is 17.9 Å². The molecule has 0 radical (unpaired) electrons. The Morgan fingerprint density at radius 3 is 2.46 bits per heavy atom. The number of anilines is 2. The molecule has 0 atom stereocenters. The lowest BCUT2D eigenvalue weighted by Crippen LogP contribution is -2.14. The molecule has 2 aromatic carbocycles. The van der Waals surface area contributed by atoms with E-state index in [0.717, 1.165) is 0 Å². The van der Waals surface area contributed by atoms with Crippen LogP contribution in [-0.2, 0) is 14.8 Å². The van der Waals surface area contributed by atoms with Crippen LogP contribution in [0.2, 0.25) is 5.02 Å². The summed E-state index contributed by atoms with van der Waals surface area (Å²) in [6, 6.07) is 9.16. The van der Waals surface area contributed by atoms with Crippen LogP contribution in [-0.4, -0.2) is 21.4 Å². The lowest BCUT2D eigenvalue weighted by molar-refractivity contribution is -0.114. The smallest absolute Gasteiger partial charge is 0.261 e. The van der Waals surface area contributed by atoms with Gasteiger partial charge in [0.2, 0.25) is 5.91 Å². The monoisotopic (exact) mass is 368 g/mol. The molecule has 24 heavy (non-hydrogen) atoms. The zero-order valence-corrected chi connectivity index (χ0v) is 15.0. The predicted octanol–water partition coefficient (Wildman–Crippen LogP) is 3.42. The largest absolute Gasteiger partial charge is 0.495 e. The van der Waals surface area contributed by atoms with E-state index in [-0.39, 0.29) is 15.8 Å². The maximum Gasteiger partial charge on any atom is 0.261 e. The van der Waals surface area contributed by atoms with Gasteiger partial charge in [0.15, 0.2) is 0 Å². The Kier molecular flexibility index (Phi) is 5.36. The van der Waals surface area contributed by atoms with Crippen molar-refractivity contribution >= 4 is 38.9 Å². The number of amides is 1. The first-order valence-electron chi connectivity index (χ1n) is 6.97. The second-order valence-corrected chi connectivity index (χ2v) is 7.20. The number of ether oxygens (including phenoxy) is 1. The molecule has 0 bridgehead atoms. The molecule has 0 aromatic heterocycles. The third-order valence-corrected chi connectivity index (χ3v) is 4.89. The molecule has 2 N–H and O–H groups in total. The average molecular weight is 369 g/mol. The number of carbonyl (C=O) groups is 1. The van der Waals surface area contributed by atoms with Gasteiger partial charge in [-0.15, -0.1) is 0 Å². The Labute approximate surface area is 145 Å². The number of carbonyl (C=O) groups excluding carboxylic acids is 1. The highest BCUT2D eigenvalue weighted by Gasteiger charge is 2.17. The Bertz CT molecular complexity index is 882. The summed E-state index contributed by atoms with van der Waals surface area (Å²) < 4.78 is 32.6. The standard InChI is InChI=1S/C16H17ClN2O4S/c1-10-4-5-12(18-11(2)20)8-15(10)19-24(21,22)13-6-7-16(23-3)14(17)9-13/h4-9,19H,1-3H3,(H,18,20). The van der Waals surface area contributed by atoms with E-state index in [4.69, 9.17) is 16.3 Å². The molecular formula is C16H17ClN2O4S. The van der Waals surface area contributed by atoms with E-state index < -0.39 is 10.0 Å². The van der Waals surface area contributed by atoms with E-state index >= 15 is 0 Å². The highest BCUT2D eigenvalue weighted by molar-refractivity contribution is 7.92. The first kappa shape index (κ1) is 18.1. The van der Waals surface area contributed by atoms with Gasteiger partial charge in [-0.25, -0.2) is 8.42 Å². The van der Waals surface area contributed by atoms with Crippen molar-refractivity contribution in [3.8, 4) is 5.75 Å². The second-order valence-electron chi connectivity index (χ2n) is 5.11. The lowest BCUT2D eigenvalue weighted by atomic mass is 10.2. The third kappa shape index (κ3) is 4.18. The molecule has 0 aliphatic carbocycles. The molecule has 2 aromatic rings. The van der Waals surface area contributed by atoms with Crippen LogP contribution in [0.4, 0.5) is 11.4 Å². The van der Waals surface area contributed by atoms with E-state index in [1.807, 2.05) is 0 Å². The first-order chi connectivity index (χ1) is 11.2. The van der Waals surface area contributed by atoms with Crippen molar-refractivity contribution in [3.63, 3.8) is 0 Å². The number of sulfonamides is 1. The molecular weight excluding hydrogens is 352 g/mol. The van der Waals surface area contributed by atoms with Gasteiger partial charge in [-0.3, -0.25) is 9.52 Å². The van der Waals surface area contributed by atoms with Gasteiger partial charge in [0, 0.05) is 12.6 Å². The predicted molar refractivity (Wildman–Crippen MR) is 94.3 cm³/mol. The van der Waals surface area contributed by atoms with Crippen LogP contribution in [0.5, 0.6) is 5.75 Å². The molecule has 0 saturated heterocycles. The zero-order valence-electron chi connectivity index (χ0n) is 13.4. The number of halogens is 1. The summed E-state index contributed by atoms with van der Waals surface area (Å²) in [5.74, 6) is 0.147. The van der Waals surface area contributed by atoms with E-state index in [9.17, 15) is 13.2 Å². The quantitative estimate of drug-likeness (QED) is 0.846. The van der Waals surface area contributed by atoms with Crippen molar-refractivity contribution in [2.75, 3.05) is 17.1 Å². The van der Waals surface area contributed by atoms with Crippen LogP contribution >= 0.6 is 11.6 Å². The molecule has 8 heteroatoms. The van der Waals surface area contributed by atoms with E-state index in [1.54, 1.807) is 25.1 Å². The number of benzene rings is 2. The number of hydrogen-bond donors (Lipinski definition) is 2.